The lowest BCUT2D eigenvalue weighted by atomic mass is 10.2. The number of esters is 2. The van der Waals surface area contributed by atoms with Crippen molar-refractivity contribution in [2.45, 2.75) is 19.6 Å². The minimum atomic E-state index is -1.04. The van der Waals surface area contributed by atoms with Crippen LogP contribution in [-0.4, -0.2) is 37.2 Å². The molecule has 0 aliphatic carbocycles. The fraction of sp³-hybridized carbons (Fsp3) is 0.0870. The number of hydrogen-bond acceptors (Lipinski definition) is 9. The SMILES string of the molecule is COC(=O)c1ccccc1SSc1cc(SSc2ccccc2C(=O)OC)cc(C(=O)O)c1. The summed E-state index contributed by atoms with van der Waals surface area (Å²) in [7, 11) is 8.02. The third-order valence-electron chi connectivity index (χ3n) is 4.17. The summed E-state index contributed by atoms with van der Waals surface area (Å²) in [5.41, 5.74) is 1.03. The molecule has 0 aromatic heterocycles. The largest absolute Gasteiger partial charge is 0.478 e. The van der Waals surface area contributed by atoms with Crippen molar-refractivity contribution in [1.82, 2.24) is 0 Å². The Hall–Kier alpha value is -2.53. The predicted molar refractivity (Wildman–Crippen MR) is 132 cm³/mol. The highest BCUT2D eigenvalue weighted by atomic mass is 33.1. The summed E-state index contributed by atoms with van der Waals surface area (Å²) in [5.74, 6) is -1.91. The number of methoxy groups -OCH3 is 2. The van der Waals surface area contributed by atoms with Gasteiger partial charge in [-0.15, -0.1) is 0 Å². The molecule has 0 unspecified atom stereocenters. The Labute approximate surface area is 206 Å². The molecule has 33 heavy (non-hydrogen) atoms. The van der Waals surface area contributed by atoms with Crippen LogP contribution < -0.4 is 0 Å². The van der Waals surface area contributed by atoms with Crippen molar-refractivity contribution >= 4 is 61.1 Å². The van der Waals surface area contributed by atoms with Gasteiger partial charge in [-0.3, -0.25) is 0 Å². The van der Waals surface area contributed by atoms with E-state index in [1.807, 2.05) is 18.2 Å². The first-order chi connectivity index (χ1) is 15.9. The smallest absolute Gasteiger partial charge is 0.339 e. The summed E-state index contributed by atoms with van der Waals surface area (Å²) in [5, 5.41) is 9.55. The standard InChI is InChI=1S/C23H18O6S4/c1-28-22(26)17-7-3-5-9-19(17)32-30-15-11-14(21(24)25)12-16(13-15)31-33-20-10-6-4-8-18(20)23(27)29-2/h3-13H,1-2H3,(H,24,25). The highest BCUT2D eigenvalue weighted by molar-refractivity contribution is 8.77. The Morgan fingerprint density at radius 2 is 1.09 bits per heavy atom. The number of aromatic carboxylic acids is 1. The zero-order valence-electron chi connectivity index (χ0n) is 17.5. The lowest BCUT2D eigenvalue weighted by molar-refractivity contribution is 0.0588. The van der Waals surface area contributed by atoms with E-state index in [-0.39, 0.29) is 5.56 Å². The van der Waals surface area contributed by atoms with Crippen LogP contribution in [0.4, 0.5) is 0 Å². The van der Waals surface area contributed by atoms with Crippen molar-refractivity contribution in [1.29, 1.82) is 0 Å². The Morgan fingerprint density at radius 3 is 1.48 bits per heavy atom. The van der Waals surface area contributed by atoms with E-state index in [2.05, 4.69) is 0 Å². The van der Waals surface area contributed by atoms with Crippen molar-refractivity contribution in [3.8, 4) is 0 Å². The summed E-state index contributed by atoms with van der Waals surface area (Å²) < 4.78 is 9.66. The number of ether oxygens (including phenoxy) is 2. The van der Waals surface area contributed by atoms with Gasteiger partial charge in [0.15, 0.2) is 0 Å². The molecule has 0 radical (unpaired) electrons. The zero-order valence-corrected chi connectivity index (χ0v) is 20.7. The van der Waals surface area contributed by atoms with Gasteiger partial charge in [0.1, 0.15) is 0 Å². The van der Waals surface area contributed by atoms with Crippen LogP contribution in [0, 0.1) is 0 Å². The van der Waals surface area contributed by atoms with E-state index < -0.39 is 17.9 Å². The maximum absolute atomic E-state index is 12.0. The monoisotopic (exact) mass is 518 g/mol. The van der Waals surface area contributed by atoms with Crippen molar-refractivity contribution in [2.75, 3.05) is 14.2 Å². The zero-order chi connectivity index (χ0) is 23.8. The van der Waals surface area contributed by atoms with Crippen LogP contribution in [0.5, 0.6) is 0 Å². The van der Waals surface area contributed by atoms with E-state index >= 15 is 0 Å². The summed E-state index contributed by atoms with van der Waals surface area (Å²) in [6.07, 6.45) is 0. The Morgan fingerprint density at radius 1 is 0.667 bits per heavy atom. The molecule has 0 amide bonds. The van der Waals surface area contributed by atoms with Gasteiger partial charge < -0.3 is 14.6 Å². The number of rotatable bonds is 9. The van der Waals surface area contributed by atoms with Gasteiger partial charge in [0.2, 0.25) is 0 Å². The fourth-order valence-corrected chi connectivity index (χ4v) is 7.08. The molecule has 0 spiro atoms. The maximum atomic E-state index is 12.0. The van der Waals surface area contributed by atoms with Crippen LogP contribution in [0.2, 0.25) is 0 Å². The van der Waals surface area contributed by atoms with Crippen LogP contribution >= 0.6 is 43.2 Å². The average Bonchev–Trinajstić information content (AvgIpc) is 2.85. The van der Waals surface area contributed by atoms with E-state index in [1.54, 1.807) is 48.5 Å². The normalized spacial score (nSPS) is 10.5. The molecule has 10 heteroatoms. The lowest BCUT2D eigenvalue weighted by Gasteiger charge is -2.10. The van der Waals surface area contributed by atoms with Crippen LogP contribution in [0.25, 0.3) is 0 Å². The van der Waals surface area contributed by atoms with E-state index in [0.717, 1.165) is 0 Å². The van der Waals surface area contributed by atoms with E-state index in [1.165, 1.54) is 57.4 Å². The van der Waals surface area contributed by atoms with E-state index in [0.29, 0.717) is 30.7 Å². The van der Waals surface area contributed by atoms with Gasteiger partial charge in [-0.1, -0.05) is 67.4 Å². The Kier molecular flexibility index (Phi) is 9.19. The topological polar surface area (TPSA) is 89.9 Å². The van der Waals surface area contributed by atoms with Crippen LogP contribution in [0.3, 0.4) is 0 Å². The van der Waals surface area contributed by atoms with Gasteiger partial charge >= 0.3 is 17.9 Å². The average molecular weight is 519 g/mol. The summed E-state index contributed by atoms with van der Waals surface area (Å²) in [6, 6.07) is 19.1. The molecular weight excluding hydrogens is 501 g/mol. The molecule has 1 N–H and O–H groups in total. The van der Waals surface area contributed by atoms with Crippen LogP contribution in [-0.2, 0) is 9.47 Å². The maximum Gasteiger partial charge on any atom is 0.339 e. The third-order valence-corrected chi connectivity index (χ3v) is 8.99. The predicted octanol–water partition coefficient (Wildman–Crippen LogP) is 6.56. The molecule has 170 valence electrons. The van der Waals surface area contributed by atoms with Crippen molar-refractivity contribution in [3.05, 3.63) is 83.4 Å². The summed E-state index contributed by atoms with van der Waals surface area (Å²) >= 11 is 0. The van der Waals surface area contributed by atoms with Crippen molar-refractivity contribution < 1.29 is 29.0 Å². The molecular formula is C23H18O6S4. The summed E-state index contributed by atoms with van der Waals surface area (Å²) in [4.78, 5) is 38.5. The molecule has 3 rings (SSSR count). The van der Waals surface area contributed by atoms with Gasteiger partial charge in [0.25, 0.3) is 0 Å². The fourth-order valence-electron chi connectivity index (χ4n) is 2.61. The van der Waals surface area contributed by atoms with E-state index in [9.17, 15) is 19.5 Å². The molecule has 0 aliphatic rings. The molecule has 0 saturated heterocycles. The quantitative estimate of drug-likeness (QED) is 0.248. The number of carbonyl (C=O) groups is 3. The first-order valence-corrected chi connectivity index (χ1v) is 13.6. The number of hydrogen-bond donors (Lipinski definition) is 1. The molecule has 0 atom stereocenters. The molecule has 0 fully saturated rings. The molecule has 3 aromatic rings. The molecule has 3 aromatic carbocycles. The minimum Gasteiger partial charge on any atom is -0.478 e. The lowest BCUT2D eigenvalue weighted by Crippen LogP contribution is -2.02. The highest BCUT2D eigenvalue weighted by Gasteiger charge is 2.15. The molecule has 0 aliphatic heterocycles. The van der Waals surface area contributed by atoms with Gasteiger partial charge in [-0.25, -0.2) is 14.4 Å². The second kappa shape index (κ2) is 12.1. The molecule has 0 bridgehead atoms. The minimum absolute atomic E-state index is 0.145. The first kappa shape index (κ1) is 25.1. The van der Waals surface area contributed by atoms with Gasteiger partial charge in [-0.2, -0.15) is 0 Å². The van der Waals surface area contributed by atoms with Crippen molar-refractivity contribution in [3.63, 3.8) is 0 Å². The Bertz CT molecular complexity index is 1100. The van der Waals surface area contributed by atoms with Gasteiger partial charge in [0.05, 0.1) is 30.9 Å². The van der Waals surface area contributed by atoms with Gasteiger partial charge in [-0.05, 0) is 42.5 Å². The van der Waals surface area contributed by atoms with E-state index in [4.69, 9.17) is 9.47 Å². The second-order valence-electron chi connectivity index (χ2n) is 6.31. The number of carboxylic acid groups (broad SMARTS) is 1. The summed E-state index contributed by atoms with van der Waals surface area (Å²) in [6.45, 7) is 0. The number of carboxylic acids is 1. The third kappa shape index (κ3) is 6.73. The number of carbonyl (C=O) groups excluding carboxylic acids is 2. The van der Waals surface area contributed by atoms with Gasteiger partial charge in [0, 0.05) is 19.6 Å². The van der Waals surface area contributed by atoms with Crippen LogP contribution in [0.1, 0.15) is 31.1 Å². The van der Waals surface area contributed by atoms with Crippen molar-refractivity contribution in [2.24, 2.45) is 0 Å². The second-order valence-corrected chi connectivity index (χ2v) is 10.8. The number of benzene rings is 3. The molecule has 6 nitrogen and oxygen atoms in total. The Balaban J connectivity index is 1.81. The van der Waals surface area contributed by atoms with Crippen LogP contribution in [0.15, 0.2) is 86.3 Å². The first-order valence-electron chi connectivity index (χ1n) is 9.35. The highest BCUT2D eigenvalue weighted by Crippen LogP contribution is 2.44. The molecule has 0 heterocycles. The molecule has 0 saturated carbocycles.